The number of hydrogen-bond donors (Lipinski definition) is 3. The van der Waals surface area contributed by atoms with E-state index in [1.807, 2.05) is 0 Å². The number of rotatable bonds is 3. The zero-order valence-corrected chi connectivity index (χ0v) is 16.6. The van der Waals surface area contributed by atoms with Gasteiger partial charge in [-0.3, -0.25) is 4.79 Å². The average molecular weight is 421 g/mol. The number of benzene rings is 2. The summed E-state index contributed by atoms with van der Waals surface area (Å²) >= 11 is 0. The molecule has 0 atom stereocenters. The van der Waals surface area contributed by atoms with E-state index in [-0.39, 0.29) is 35.1 Å². The minimum Gasteiger partial charge on any atom is -0.349 e. The van der Waals surface area contributed by atoms with Crippen LogP contribution in [0.3, 0.4) is 0 Å². The van der Waals surface area contributed by atoms with Gasteiger partial charge in [-0.25, -0.2) is 0 Å². The van der Waals surface area contributed by atoms with Crippen molar-refractivity contribution in [1.82, 2.24) is 10.6 Å². The average Bonchev–Trinajstić information content (AvgIpc) is 2.94. The molecule has 2 aromatic rings. The Morgan fingerprint density at radius 2 is 1.71 bits per heavy atom. The van der Waals surface area contributed by atoms with Gasteiger partial charge in [0.1, 0.15) is 4.90 Å². The highest BCUT2D eigenvalue weighted by Gasteiger charge is 2.28. The molecule has 2 heterocycles. The molecule has 0 saturated carbocycles. The lowest BCUT2D eigenvalue weighted by atomic mass is 10.1. The molecule has 0 bridgehead atoms. The molecule has 7 nitrogen and oxygen atoms in total. The molecule has 9 heteroatoms. The third kappa shape index (κ3) is 4.19. The molecule has 1 saturated heterocycles. The summed E-state index contributed by atoms with van der Waals surface area (Å²) in [5.74, 6) is 0.192. The van der Waals surface area contributed by atoms with Gasteiger partial charge in [-0.05, 0) is 62.3 Å². The van der Waals surface area contributed by atoms with Crippen LogP contribution in [0.4, 0.5) is 5.69 Å². The third-order valence-corrected chi connectivity index (χ3v) is 6.05. The van der Waals surface area contributed by atoms with Crippen molar-refractivity contribution in [2.24, 2.45) is 4.40 Å². The van der Waals surface area contributed by atoms with Gasteiger partial charge in [0.15, 0.2) is 5.84 Å². The molecule has 0 aromatic heterocycles. The Morgan fingerprint density at radius 3 is 2.43 bits per heavy atom. The van der Waals surface area contributed by atoms with E-state index in [1.54, 1.807) is 42.5 Å². The molecule has 28 heavy (non-hydrogen) atoms. The second-order valence-corrected chi connectivity index (χ2v) is 8.18. The van der Waals surface area contributed by atoms with Crippen LogP contribution < -0.4 is 16.0 Å². The van der Waals surface area contributed by atoms with E-state index in [4.69, 9.17) is 0 Å². The number of nitrogens with one attached hydrogen (secondary N) is 3. The first-order valence-electron chi connectivity index (χ1n) is 8.86. The second-order valence-electron chi connectivity index (χ2n) is 6.61. The Labute approximate surface area is 170 Å². The number of carbonyl (C=O) groups is 1. The third-order valence-electron chi connectivity index (χ3n) is 4.72. The quantitative estimate of drug-likeness (QED) is 0.706. The molecule has 2 aliphatic heterocycles. The van der Waals surface area contributed by atoms with Crippen LogP contribution in [0.15, 0.2) is 57.8 Å². The largest absolute Gasteiger partial charge is 0.349 e. The molecule has 0 aliphatic carbocycles. The van der Waals surface area contributed by atoms with Crippen molar-refractivity contribution >= 4 is 39.9 Å². The lowest BCUT2D eigenvalue weighted by Crippen LogP contribution is -2.42. The fourth-order valence-electron chi connectivity index (χ4n) is 3.27. The van der Waals surface area contributed by atoms with Crippen molar-refractivity contribution in [1.29, 1.82) is 0 Å². The summed E-state index contributed by atoms with van der Waals surface area (Å²) in [7, 11) is -3.66. The van der Waals surface area contributed by atoms with Crippen LogP contribution in [0.25, 0.3) is 0 Å². The van der Waals surface area contributed by atoms with Gasteiger partial charge in [0.2, 0.25) is 0 Å². The van der Waals surface area contributed by atoms with Crippen molar-refractivity contribution < 1.29 is 13.2 Å². The van der Waals surface area contributed by atoms with Gasteiger partial charge >= 0.3 is 0 Å². The summed E-state index contributed by atoms with van der Waals surface area (Å²) in [6, 6.07) is 13.8. The summed E-state index contributed by atoms with van der Waals surface area (Å²) in [4.78, 5) is 12.6. The van der Waals surface area contributed by atoms with Gasteiger partial charge in [-0.1, -0.05) is 12.1 Å². The topological polar surface area (TPSA) is 99.7 Å². The number of sulfonamides is 1. The number of piperidine rings is 1. The Kier molecular flexibility index (Phi) is 6.02. The zero-order chi connectivity index (χ0) is 18.9. The van der Waals surface area contributed by atoms with Crippen LogP contribution >= 0.6 is 12.4 Å². The zero-order valence-electron chi connectivity index (χ0n) is 15.0. The maximum Gasteiger partial charge on any atom is 0.285 e. The van der Waals surface area contributed by atoms with Gasteiger partial charge in [-0.2, -0.15) is 8.42 Å². The lowest BCUT2D eigenvalue weighted by Gasteiger charge is -2.23. The molecular weight excluding hydrogens is 400 g/mol. The lowest BCUT2D eigenvalue weighted by molar-refractivity contribution is 0.0929. The molecule has 1 amide bonds. The Hall–Kier alpha value is -2.42. The van der Waals surface area contributed by atoms with Crippen LogP contribution in [0.5, 0.6) is 0 Å². The molecule has 2 aliphatic rings. The van der Waals surface area contributed by atoms with E-state index < -0.39 is 10.0 Å². The van der Waals surface area contributed by atoms with E-state index in [1.165, 1.54) is 6.07 Å². The summed E-state index contributed by atoms with van der Waals surface area (Å²) in [6.45, 7) is 1.83. The number of nitrogens with zero attached hydrogens (tertiary/aromatic N) is 1. The fourth-order valence-corrected chi connectivity index (χ4v) is 4.45. The Bertz CT molecular complexity index is 1000. The monoisotopic (exact) mass is 420 g/mol. The van der Waals surface area contributed by atoms with Gasteiger partial charge in [-0.15, -0.1) is 16.8 Å². The molecule has 4 rings (SSSR count). The highest BCUT2D eigenvalue weighted by Crippen LogP contribution is 2.26. The first-order chi connectivity index (χ1) is 13.0. The summed E-state index contributed by atoms with van der Waals surface area (Å²) in [5.41, 5.74) is 1.78. The van der Waals surface area contributed by atoms with Crippen molar-refractivity contribution in [3.05, 3.63) is 59.7 Å². The van der Waals surface area contributed by atoms with Gasteiger partial charge in [0.25, 0.3) is 15.9 Å². The number of amidine groups is 1. The van der Waals surface area contributed by atoms with Crippen molar-refractivity contribution in [2.45, 2.75) is 23.8 Å². The van der Waals surface area contributed by atoms with E-state index in [0.717, 1.165) is 25.9 Å². The molecule has 0 radical (unpaired) electrons. The van der Waals surface area contributed by atoms with Gasteiger partial charge in [0, 0.05) is 22.9 Å². The first-order valence-corrected chi connectivity index (χ1v) is 10.3. The minimum atomic E-state index is -3.66. The van der Waals surface area contributed by atoms with Gasteiger partial charge in [0.05, 0.1) is 0 Å². The smallest absolute Gasteiger partial charge is 0.285 e. The highest BCUT2D eigenvalue weighted by molar-refractivity contribution is 7.90. The highest BCUT2D eigenvalue weighted by atomic mass is 35.5. The van der Waals surface area contributed by atoms with Crippen LogP contribution in [-0.2, 0) is 10.0 Å². The minimum absolute atomic E-state index is 0. The number of carbonyl (C=O) groups excluding carboxylic acids is 1. The van der Waals surface area contributed by atoms with Crippen LogP contribution in [0.2, 0.25) is 0 Å². The number of amides is 1. The molecule has 2 aromatic carbocycles. The predicted molar refractivity (Wildman–Crippen MR) is 111 cm³/mol. The normalized spacial score (nSPS) is 17.8. The van der Waals surface area contributed by atoms with E-state index >= 15 is 0 Å². The molecule has 0 spiro atoms. The van der Waals surface area contributed by atoms with Gasteiger partial charge < -0.3 is 16.0 Å². The maximum atomic E-state index is 12.4. The number of hydrogen-bond acceptors (Lipinski definition) is 5. The molecule has 0 unspecified atom stereocenters. The number of fused-ring (bicyclic) bond motifs is 1. The predicted octanol–water partition coefficient (Wildman–Crippen LogP) is 2.15. The summed E-state index contributed by atoms with van der Waals surface area (Å²) in [6.07, 6.45) is 1.86. The summed E-state index contributed by atoms with van der Waals surface area (Å²) < 4.78 is 28.0. The van der Waals surface area contributed by atoms with Crippen molar-refractivity contribution in [2.75, 3.05) is 18.4 Å². The SMILES string of the molecule is Cl.O=C(NC1CCNCC1)c1ccc(NC2=NS(=O)(=O)c3ccccc32)cc1. The van der Waals surface area contributed by atoms with E-state index in [0.29, 0.717) is 16.8 Å². The van der Waals surface area contributed by atoms with Crippen molar-refractivity contribution in [3.8, 4) is 0 Å². The van der Waals surface area contributed by atoms with Crippen LogP contribution in [-0.4, -0.2) is 39.3 Å². The Balaban J connectivity index is 0.00000225. The van der Waals surface area contributed by atoms with Crippen LogP contribution in [0, 0.1) is 0 Å². The fraction of sp³-hybridized carbons (Fsp3) is 0.263. The first kappa shape index (κ1) is 20.3. The number of halogens is 1. The second kappa shape index (κ2) is 8.30. The Morgan fingerprint density at radius 1 is 1.04 bits per heavy atom. The van der Waals surface area contributed by atoms with E-state index in [2.05, 4.69) is 20.3 Å². The van der Waals surface area contributed by atoms with Crippen LogP contribution in [0.1, 0.15) is 28.8 Å². The molecular formula is C19H21ClN4O3S. The number of anilines is 1. The molecule has 1 fully saturated rings. The molecule has 3 N–H and O–H groups in total. The molecule has 148 valence electrons. The maximum absolute atomic E-state index is 12.4. The standard InChI is InChI=1S/C19H20N4O3S.ClH/c24-19(22-15-9-11-20-12-10-15)13-5-7-14(8-6-13)21-18-16-3-1-2-4-17(16)27(25,26)23-18;/h1-8,15,20H,9-12H2,(H,21,23)(H,22,24);1H. The summed E-state index contributed by atoms with van der Waals surface area (Å²) in [5, 5.41) is 9.35. The van der Waals surface area contributed by atoms with E-state index in [9.17, 15) is 13.2 Å². The van der Waals surface area contributed by atoms with Crippen molar-refractivity contribution in [3.63, 3.8) is 0 Å².